The average Bonchev–Trinajstić information content (AvgIpc) is 2.72. The zero-order valence-electron chi connectivity index (χ0n) is 21.0. The number of hydrogen-bond acceptors (Lipinski definition) is 5. The van der Waals surface area contributed by atoms with Crippen LogP contribution in [0.5, 0.6) is 5.75 Å². The van der Waals surface area contributed by atoms with Gasteiger partial charge in [-0.3, -0.25) is 0 Å². The Bertz CT molecular complexity index is 938. The molecule has 2 heterocycles. The maximum absolute atomic E-state index is 12.3. The number of sulfonamides is 1. The highest BCUT2D eigenvalue weighted by Crippen LogP contribution is 2.34. The van der Waals surface area contributed by atoms with Crippen molar-refractivity contribution in [2.45, 2.75) is 71.8 Å². The summed E-state index contributed by atoms with van der Waals surface area (Å²) < 4.78 is 36.8. The monoisotopic (exact) mass is 480 g/mol. The molecule has 8 heteroatoms. The van der Waals surface area contributed by atoms with Gasteiger partial charge in [-0.1, -0.05) is 6.07 Å². The molecule has 0 aliphatic carbocycles. The summed E-state index contributed by atoms with van der Waals surface area (Å²) in [5.74, 6) is 1.72. The average molecular weight is 481 g/mol. The van der Waals surface area contributed by atoms with Gasteiger partial charge in [0.15, 0.2) is 0 Å². The Hall–Kier alpha value is -1.80. The first-order chi connectivity index (χ1) is 15.3. The van der Waals surface area contributed by atoms with Crippen LogP contribution < -0.4 is 4.74 Å². The van der Waals surface area contributed by atoms with Gasteiger partial charge in [0.25, 0.3) is 0 Å². The minimum atomic E-state index is -3.11. The van der Waals surface area contributed by atoms with E-state index in [0.717, 1.165) is 37.0 Å². The third-order valence-electron chi connectivity index (χ3n) is 6.67. The number of piperidine rings is 2. The number of rotatable bonds is 5. The highest BCUT2D eigenvalue weighted by Gasteiger charge is 2.28. The summed E-state index contributed by atoms with van der Waals surface area (Å²) >= 11 is 0. The molecule has 3 rings (SSSR count). The highest BCUT2D eigenvalue weighted by atomic mass is 32.2. The van der Waals surface area contributed by atoms with Crippen LogP contribution in [-0.4, -0.2) is 68.4 Å². The van der Waals surface area contributed by atoms with Gasteiger partial charge in [-0.2, -0.15) is 0 Å². The lowest BCUT2D eigenvalue weighted by molar-refractivity contribution is 0.0165. The number of carbonyl (C=O) groups is 1. The number of ether oxygens (including phenoxy) is 2. The fraction of sp³-hybridized carbons (Fsp3) is 0.720. The van der Waals surface area contributed by atoms with Crippen molar-refractivity contribution in [2.75, 3.05) is 39.0 Å². The summed E-state index contributed by atoms with van der Waals surface area (Å²) in [7, 11) is -3.11. The molecule has 0 N–H and O–H groups in total. The van der Waals surface area contributed by atoms with Gasteiger partial charge < -0.3 is 14.4 Å². The zero-order chi connectivity index (χ0) is 24.4. The summed E-state index contributed by atoms with van der Waals surface area (Å²) in [6.45, 7) is 13.1. The SMILES string of the molecule is Cc1cc(C2CCN(S(C)(=O)=O)CC2)c(C)cc1OCC1CCN(C(=O)OC(C)(C)C)CC1. The molecule has 2 aliphatic heterocycles. The van der Waals surface area contributed by atoms with Crippen molar-refractivity contribution in [1.29, 1.82) is 0 Å². The third kappa shape index (κ3) is 7.09. The van der Waals surface area contributed by atoms with Crippen LogP contribution in [0.1, 0.15) is 69.1 Å². The molecule has 33 heavy (non-hydrogen) atoms. The number of likely N-dealkylation sites (tertiary alicyclic amines) is 1. The molecule has 1 aromatic rings. The molecule has 2 saturated heterocycles. The van der Waals surface area contributed by atoms with Gasteiger partial charge in [-0.25, -0.2) is 17.5 Å². The van der Waals surface area contributed by atoms with Gasteiger partial charge in [0.2, 0.25) is 10.0 Å². The van der Waals surface area contributed by atoms with Crippen LogP contribution in [0.4, 0.5) is 4.79 Å². The summed E-state index contributed by atoms with van der Waals surface area (Å²) in [5.41, 5.74) is 3.16. The van der Waals surface area contributed by atoms with Crippen molar-refractivity contribution in [3.05, 3.63) is 28.8 Å². The molecule has 0 unspecified atom stereocenters. The molecule has 0 radical (unpaired) electrons. The quantitative estimate of drug-likeness (QED) is 0.622. The molecular weight excluding hydrogens is 440 g/mol. The van der Waals surface area contributed by atoms with E-state index < -0.39 is 15.6 Å². The Morgan fingerprint density at radius 2 is 1.61 bits per heavy atom. The van der Waals surface area contributed by atoms with Crippen LogP contribution in [0.2, 0.25) is 0 Å². The molecule has 1 aromatic carbocycles. The molecule has 0 saturated carbocycles. The summed E-state index contributed by atoms with van der Waals surface area (Å²) in [4.78, 5) is 14.0. The summed E-state index contributed by atoms with van der Waals surface area (Å²) in [6, 6.07) is 4.35. The van der Waals surface area contributed by atoms with E-state index >= 15 is 0 Å². The molecule has 2 fully saturated rings. The van der Waals surface area contributed by atoms with Crippen molar-refractivity contribution in [3.63, 3.8) is 0 Å². The van der Waals surface area contributed by atoms with E-state index in [-0.39, 0.29) is 6.09 Å². The Morgan fingerprint density at radius 3 is 2.15 bits per heavy atom. The molecule has 186 valence electrons. The minimum absolute atomic E-state index is 0.230. The zero-order valence-corrected chi connectivity index (χ0v) is 21.8. The Balaban J connectivity index is 1.52. The van der Waals surface area contributed by atoms with Gasteiger partial charge in [-0.05, 0) is 94.9 Å². The Morgan fingerprint density at radius 1 is 1.00 bits per heavy atom. The predicted molar refractivity (Wildman–Crippen MR) is 130 cm³/mol. The van der Waals surface area contributed by atoms with E-state index in [0.29, 0.717) is 44.6 Å². The number of nitrogens with zero attached hydrogens (tertiary/aromatic N) is 2. The maximum atomic E-state index is 12.3. The normalized spacial score (nSPS) is 19.5. The molecular formula is C25H40N2O5S. The third-order valence-corrected chi connectivity index (χ3v) is 7.97. The van der Waals surface area contributed by atoms with Crippen molar-refractivity contribution >= 4 is 16.1 Å². The first-order valence-electron chi connectivity index (χ1n) is 12.0. The fourth-order valence-corrected chi connectivity index (χ4v) is 5.60. The van der Waals surface area contributed by atoms with Crippen LogP contribution in [-0.2, 0) is 14.8 Å². The van der Waals surface area contributed by atoms with Crippen molar-refractivity contribution in [3.8, 4) is 5.75 Å². The van der Waals surface area contributed by atoms with Crippen LogP contribution in [0.25, 0.3) is 0 Å². The Labute approximate surface area is 199 Å². The van der Waals surface area contributed by atoms with E-state index in [4.69, 9.17) is 9.47 Å². The molecule has 0 bridgehead atoms. The standard InChI is InChI=1S/C25H40N2O5S/c1-18-16-23(19(2)15-22(18)21-9-13-27(14-10-21)33(6,29)30)31-17-20-7-11-26(12-8-20)24(28)32-25(3,4)5/h15-16,20-21H,7-14,17H2,1-6H3. The van der Waals surface area contributed by atoms with E-state index in [1.807, 2.05) is 20.8 Å². The summed E-state index contributed by atoms with van der Waals surface area (Å²) in [6.07, 6.45) is 4.58. The van der Waals surface area contributed by atoms with Gasteiger partial charge in [0, 0.05) is 26.2 Å². The van der Waals surface area contributed by atoms with Gasteiger partial charge >= 0.3 is 6.09 Å². The second kappa shape index (κ2) is 10.2. The van der Waals surface area contributed by atoms with Gasteiger partial charge in [0.1, 0.15) is 11.4 Å². The molecule has 0 spiro atoms. The number of amides is 1. The lowest BCUT2D eigenvalue weighted by Crippen LogP contribution is -2.42. The number of aryl methyl sites for hydroxylation is 2. The molecule has 2 aliphatic rings. The van der Waals surface area contributed by atoms with E-state index in [9.17, 15) is 13.2 Å². The largest absolute Gasteiger partial charge is 0.493 e. The first-order valence-corrected chi connectivity index (χ1v) is 13.9. The second-order valence-electron chi connectivity index (χ2n) is 10.6. The Kier molecular flexibility index (Phi) is 7.99. The van der Waals surface area contributed by atoms with Crippen LogP contribution in [0, 0.1) is 19.8 Å². The highest BCUT2D eigenvalue weighted by molar-refractivity contribution is 7.88. The minimum Gasteiger partial charge on any atom is -0.493 e. The van der Waals surface area contributed by atoms with E-state index in [2.05, 4.69) is 26.0 Å². The summed E-state index contributed by atoms with van der Waals surface area (Å²) in [5, 5.41) is 0. The van der Waals surface area contributed by atoms with Crippen LogP contribution in [0.3, 0.4) is 0 Å². The van der Waals surface area contributed by atoms with E-state index in [1.165, 1.54) is 17.4 Å². The lowest BCUT2D eigenvalue weighted by Gasteiger charge is -2.33. The number of hydrogen-bond donors (Lipinski definition) is 0. The number of benzene rings is 1. The molecule has 7 nitrogen and oxygen atoms in total. The first kappa shape index (κ1) is 25.8. The molecule has 0 aromatic heterocycles. The molecule has 1 amide bonds. The fourth-order valence-electron chi connectivity index (χ4n) is 4.72. The number of carbonyl (C=O) groups excluding carboxylic acids is 1. The second-order valence-corrected chi connectivity index (χ2v) is 12.6. The predicted octanol–water partition coefficient (Wildman–Crippen LogP) is 4.47. The molecule has 0 atom stereocenters. The smallest absolute Gasteiger partial charge is 0.410 e. The van der Waals surface area contributed by atoms with Crippen LogP contribution in [0.15, 0.2) is 12.1 Å². The van der Waals surface area contributed by atoms with Crippen molar-refractivity contribution < 1.29 is 22.7 Å². The van der Waals surface area contributed by atoms with E-state index in [1.54, 1.807) is 9.21 Å². The van der Waals surface area contributed by atoms with Gasteiger partial charge in [-0.15, -0.1) is 0 Å². The van der Waals surface area contributed by atoms with Crippen molar-refractivity contribution in [2.24, 2.45) is 5.92 Å². The lowest BCUT2D eigenvalue weighted by atomic mass is 9.86. The van der Waals surface area contributed by atoms with Gasteiger partial charge in [0.05, 0.1) is 12.9 Å². The van der Waals surface area contributed by atoms with Crippen LogP contribution >= 0.6 is 0 Å². The van der Waals surface area contributed by atoms with Crippen molar-refractivity contribution in [1.82, 2.24) is 9.21 Å². The topological polar surface area (TPSA) is 76.2 Å². The maximum Gasteiger partial charge on any atom is 0.410 e.